The highest BCUT2D eigenvalue weighted by Gasteiger charge is 2.52. The van der Waals surface area contributed by atoms with Crippen LogP contribution >= 0.6 is 0 Å². The molecule has 99 heavy (non-hydrogen) atoms. The first-order valence-corrected chi connectivity index (χ1v) is 54.3. The highest BCUT2D eigenvalue weighted by molar-refractivity contribution is 6.99. The van der Waals surface area contributed by atoms with Crippen molar-refractivity contribution < 1.29 is 45.6 Å². The monoisotopic (exact) mass is 1470 g/mol. The van der Waals surface area contributed by atoms with Gasteiger partial charge in [0, 0.05) is 6.42 Å². The first-order chi connectivity index (χ1) is 45.2. The molecule has 1 aliphatic heterocycles. The molecule has 1 fully saturated rings. The SMILES string of the molecule is C[C@@H](C[C@H](O[Si](C)(C)C(C)(C)C)[C@H](CCCCCC(=O)/C=C/C[C@H](/C=C/C[C@H](/C=C/C[C@@H](CO[Si](c1ccccc1)(c1ccccc1)C(C)(C)C)O[Si](C)(C)C(C)(C)C)O[Si](C)(C)C(C)(C)C)O[Si](C)(C)C(C)(C)C)O[Si](C)(C)C(C)(C)C)[C@@H](OCc1ccccc1)[C@@H]1COC(C)(C)O1. The molecule has 562 valence electrons. The van der Waals surface area contributed by atoms with E-state index in [4.69, 9.17) is 40.8 Å². The third-order valence-corrected chi connectivity index (χ3v) is 50.6. The van der Waals surface area contributed by atoms with Gasteiger partial charge in [-0.2, -0.15) is 0 Å². The molecule has 3 aromatic carbocycles. The van der Waals surface area contributed by atoms with Crippen LogP contribution in [0.2, 0.25) is 95.7 Å². The van der Waals surface area contributed by atoms with Crippen molar-refractivity contribution in [1.82, 2.24) is 0 Å². The lowest BCUT2D eigenvalue weighted by Gasteiger charge is -2.46. The summed E-state index contributed by atoms with van der Waals surface area (Å²) in [5.74, 6) is -0.475. The molecule has 0 aromatic heterocycles. The van der Waals surface area contributed by atoms with Gasteiger partial charge in [-0.25, -0.2) is 0 Å². The molecule has 4 rings (SSSR count). The Labute approximate surface area is 613 Å². The average Bonchev–Trinajstić information content (AvgIpc) is 1.27. The van der Waals surface area contributed by atoms with Crippen LogP contribution < -0.4 is 10.4 Å². The Kier molecular flexibility index (Phi) is 32.5. The maximum atomic E-state index is 13.9. The van der Waals surface area contributed by atoms with Crippen LogP contribution in [0.25, 0.3) is 0 Å². The molecule has 0 spiro atoms. The van der Waals surface area contributed by atoms with Gasteiger partial charge in [0.2, 0.25) is 0 Å². The Morgan fingerprint density at radius 1 is 0.515 bits per heavy atom. The first kappa shape index (κ1) is 88.9. The van der Waals surface area contributed by atoms with Crippen molar-refractivity contribution in [3.8, 4) is 0 Å². The Morgan fingerprint density at radius 3 is 1.36 bits per heavy atom. The molecule has 1 saturated heterocycles. The van der Waals surface area contributed by atoms with Crippen molar-refractivity contribution in [2.75, 3.05) is 13.2 Å². The number of hydrogen-bond acceptors (Lipinski definition) is 10. The van der Waals surface area contributed by atoms with Crippen molar-refractivity contribution in [1.29, 1.82) is 0 Å². The Balaban J connectivity index is 1.59. The number of unbranched alkanes of at least 4 members (excludes halogenated alkanes) is 2. The van der Waals surface area contributed by atoms with E-state index in [2.05, 4.69) is 312 Å². The summed E-state index contributed by atoms with van der Waals surface area (Å²) in [4.78, 5) is 13.9. The van der Waals surface area contributed by atoms with E-state index in [-0.39, 0.29) is 84.7 Å². The highest BCUT2D eigenvalue weighted by Crippen LogP contribution is 2.45. The molecule has 0 N–H and O–H groups in total. The fraction of sp³-hybridized carbons (Fsp3) is 0.699. The van der Waals surface area contributed by atoms with Crippen LogP contribution in [0.4, 0.5) is 0 Å². The summed E-state index contributed by atoms with van der Waals surface area (Å²) < 4.78 is 64.3. The molecule has 0 amide bonds. The fourth-order valence-corrected chi connectivity index (χ4v) is 22.9. The van der Waals surface area contributed by atoms with Gasteiger partial charge in [-0.05, 0) is 176 Å². The van der Waals surface area contributed by atoms with E-state index in [1.165, 1.54) is 10.4 Å². The summed E-state index contributed by atoms with van der Waals surface area (Å²) >= 11 is 0. The number of allylic oxidation sites excluding steroid dienone is 1. The second-order valence-electron chi connectivity index (χ2n) is 38.0. The van der Waals surface area contributed by atoms with Crippen LogP contribution in [0.5, 0.6) is 0 Å². The molecular formula is C83H146O10Si6. The quantitative estimate of drug-likeness (QED) is 0.0239. The predicted octanol–water partition coefficient (Wildman–Crippen LogP) is 22.6. The first-order valence-electron chi connectivity index (χ1n) is 37.8. The van der Waals surface area contributed by atoms with Crippen LogP contribution in [0.1, 0.15) is 209 Å². The van der Waals surface area contributed by atoms with Gasteiger partial charge >= 0.3 is 0 Å². The van der Waals surface area contributed by atoms with E-state index in [0.29, 0.717) is 45.5 Å². The summed E-state index contributed by atoms with van der Waals surface area (Å²) in [6.45, 7) is 72.9. The topological polar surface area (TPSA) is 100 Å². The zero-order valence-electron chi connectivity index (χ0n) is 68.8. The van der Waals surface area contributed by atoms with Crippen molar-refractivity contribution >= 4 is 66.1 Å². The Bertz CT molecular complexity index is 2920. The van der Waals surface area contributed by atoms with Crippen molar-refractivity contribution in [3.63, 3.8) is 0 Å². The Morgan fingerprint density at radius 2 is 0.929 bits per heavy atom. The lowest BCUT2D eigenvalue weighted by Crippen LogP contribution is -2.67. The average molecular weight is 1470 g/mol. The number of benzene rings is 3. The molecular weight excluding hydrogens is 1330 g/mol. The van der Waals surface area contributed by atoms with E-state index in [1.807, 2.05) is 26.0 Å². The van der Waals surface area contributed by atoms with E-state index in [9.17, 15) is 4.79 Å². The molecule has 0 saturated carbocycles. The van der Waals surface area contributed by atoms with Gasteiger partial charge in [-0.3, -0.25) is 4.79 Å². The van der Waals surface area contributed by atoms with Gasteiger partial charge in [-0.1, -0.05) is 266 Å². The molecule has 8 atom stereocenters. The predicted molar refractivity (Wildman–Crippen MR) is 437 cm³/mol. The molecule has 0 unspecified atom stereocenters. The number of ketones is 1. The normalized spacial score (nSPS) is 18.5. The maximum absolute atomic E-state index is 13.9. The summed E-state index contributed by atoms with van der Waals surface area (Å²) in [6, 6.07) is 32.3. The molecule has 0 bridgehead atoms. The van der Waals surface area contributed by atoms with Gasteiger partial charge in [0.1, 0.15) is 6.10 Å². The number of carbonyl (C=O) groups is 1. The number of carbonyl (C=O) groups excluding carboxylic acids is 1. The summed E-state index contributed by atoms with van der Waals surface area (Å²) in [5, 5.41) is 2.39. The second-order valence-corrected chi connectivity index (χ2v) is 66.1. The fourth-order valence-electron chi connectivity index (χ4n) is 11.6. The number of ether oxygens (including phenoxy) is 3. The van der Waals surface area contributed by atoms with Crippen LogP contribution in [-0.4, -0.2) is 117 Å². The lowest BCUT2D eigenvalue weighted by atomic mass is 9.90. The van der Waals surface area contributed by atoms with Crippen LogP contribution in [0.15, 0.2) is 127 Å². The molecule has 0 radical (unpaired) electrons. The molecule has 1 heterocycles. The summed E-state index contributed by atoms with van der Waals surface area (Å²) in [6.07, 6.45) is 18.4. The Hall–Kier alpha value is -2.51. The minimum Gasteiger partial charge on any atom is -0.411 e. The van der Waals surface area contributed by atoms with Gasteiger partial charge in [0.05, 0.1) is 56.4 Å². The minimum absolute atomic E-state index is 0.000185. The zero-order chi connectivity index (χ0) is 75.1. The van der Waals surface area contributed by atoms with Crippen molar-refractivity contribution in [2.24, 2.45) is 5.92 Å². The van der Waals surface area contributed by atoms with Gasteiger partial charge in [0.25, 0.3) is 8.32 Å². The van der Waals surface area contributed by atoms with E-state index >= 15 is 0 Å². The third kappa shape index (κ3) is 26.8. The molecule has 3 aromatic rings. The van der Waals surface area contributed by atoms with Crippen LogP contribution in [0.3, 0.4) is 0 Å². The van der Waals surface area contributed by atoms with E-state index in [0.717, 1.165) is 37.7 Å². The highest BCUT2D eigenvalue weighted by atomic mass is 28.4. The minimum atomic E-state index is -2.84. The summed E-state index contributed by atoms with van der Waals surface area (Å²) in [5.41, 5.74) is 1.13. The van der Waals surface area contributed by atoms with Gasteiger partial charge < -0.3 is 40.8 Å². The lowest BCUT2D eigenvalue weighted by molar-refractivity contribution is -0.165. The van der Waals surface area contributed by atoms with E-state index < -0.39 is 55.7 Å². The van der Waals surface area contributed by atoms with Gasteiger partial charge in [0.15, 0.2) is 53.2 Å². The standard InChI is InChI=1S/C83H146O10Si6/c1-65(76(75-64-86-83(20,21)88-75)85-62-66-47-36-32-37-48-66)61-74(93-98(30,31)81(14,15)16)73(92-97(28,29)80(11,12)13)60-43-33-38-49-67(84)50-44-51-68(89-94(22,23)77(2,3)4)52-45-53-69(90-95(24,25)78(5,6)7)54-46-55-70(91-96(26,27)79(8,9)10)63-87-99(82(17,18)19,71-56-39-34-40-57-71)72-58-41-35-42-59-72/h32,34-37,39-42,44-48,50,52,54,56-59,65,68-70,73-76H,33,38,43,49,51,53,55,60-64H2,1-31H3/b50-44+,52-45+,54-46+/t65-,68+,69+,70-,73-,74-,75-,76+/m0/s1. The number of rotatable bonds is 38. The third-order valence-electron chi connectivity index (χ3n) is 23.0. The van der Waals surface area contributed by atoms with Crippen LogP contribution in [-0.2, 0) is 52.2 Å². The van der Waals surface area contributed by atoms with Crippen molar-refractivity contribution in [2.45, 2.75) is 354 Å². The van der Waals surface area contributed by atoms with Crippen LogP contribution in [0, 0.1) is 5.92 Å². The molecule has 10 nitrogen and oxygen atoms in total. The molecule has 0 aliphatic carbocycles. The number of hydrogen-bond donors (Lipinski definition) is 0. The zero-order valence-corrected chi connectivity index (χ0v) is 74.8. The molecule has 16 heteroatoms. The van der Waals surface area contributed by atoms with Gasteiger partial charge in [-0.15, -0.1) is 0 Å². The summed E-state index contributed by atoms with van der Waals surface area (Å²) in [7, 11) is -14.1. The smallest absolute Gasteiger partial charge is 0.261 e. The second kappa shape index (κ2) is 36.2. The maximum Gasteiger partial charge on any atom is 0.261 e. The molecule has 1 aliphatic rings. The van der Waals surface area contributed by atoms with Crippen molar-refractivity contribution in [3.05, 3.63) is 133 Å². The largest absolute Gasteiger partial charge is 0.411 e. The van der Waals surface area contributed by atoms with E-state index in [1.54, 1.807) is 0 Å².